The number of amides is 3. The first-order valence-electron chi connectivity index (χ1n) is 11.4. The van der Waals surface area contributed by atoms with Crippen molar-refractivity contribution in [1.29, 1.82) is 0 Å². The zero-order valence-corrected chi connectivity index (χ0v) is 19.3. The smallest absolute Gasteiger partial charge is 0.326 e. The van der Waals surface area contributed by atoms with Crippen LogP contribution in [0.5, 0.6) is 0 Å². The van der Waals surface area contributed by atoms with Crippen LogP contribution in [0.15, 0.2) is 12.5 Å². The molecule has 0 saturated carbocycles. The number of aromatic nitrogens is 2. The van der Waals surface area contributed by atoms with E-state index in [0.717, 1.165) is 0 Å². The Morgan fingerprint density at radius 3 is 2.51 bits per heavy atom. The van der Waals surface area contributed by atoms with Crippen LogP contribution in [0, 0.1) is 0 Å². The summed E-state index contributed by atoms with van der Waals surface area (Å²) < 4.78 is 0. The molecule has 0 aromatic carbocycles. The van der Waals surface area contributed by atoms with E-state index in [1.165, 1.54) is 17.4 Å². The average Bonchev–Trinajstić information content (AvgIpc) is 3.49. The van der Waals surface area contributed by atoms with Crippen molar-refractivity contribution < 1.29 is 34.2 Å². The molecular weight excluding hydrogens is 462 g/mol. The number of carbonyl (C=O) groups excluding carboxylic acids is 3. The number of imidazole rings is 1. The summed E-state index contributed by atoms with van der Waals surface area (Å²) in [6.07, 6.45) is 4.39. The molecule has 9 N–H and O–H groups in total. The molecule has 0 radical (unpaired) electrons. The molecule has 0 spiro atoms. The largest absolute Gasteiger partial charge is 0.481 e. The number of carbonyl (C=O) groups is 5. The van der Waals surface area contributed by atoms with Crippen molar-refractivity contribution in [2.24, 2.45) is 11.5 Å². The third kappa shape index (κ3) is 8.33. The molecule has 2 rings (SSSR count). The maximum absolute atomic E-state index is 13.0. The van der Waals surface area contributed by atoms with Gasteiger partial charge in [0.25, 0.3) is 0 Å². The van der Waals surface area contributed by atoms with Crippen LogP contribution in [0.1, 0.15) is 44.2 Å². The van der Waals surface area contributed by atoms with Crippen LogP contribution in [-0.2, 0) is 30.4 Å². The van der Waals surface area contributed by atoms with Crippen LogP contribution in [0.3, 0.4) is 0 Å². The number of carboxylic acids is 2. The fourth-order valence-electron chi connectivity index (χ4n) is 3.91. The predicted octanol–water partition coefficient (Wildman–Crippen LogP) is -2.07. The molecule has 1 fully saturated rings. The minimum Gasteiger partial charge on any atom is -0.481 e. The van der Waals surface area contributed by atoms with Crippen LogP contribution >= 0.6 is 0 Å². The summed E-state index contributed by atoms with van der Waals surface area (Å²) in [5.74, 6) is -4.40. The summed E-state index contributed by atoms with van der Waals surface area (Å²) in [6, 6.07) is -4.51. The van der Waals surface area contributed by atoms with Gasteiger partial charge in [-0.05, 0) is 38.6 Å². The summed E-state index contributed by atoms with van der Waals surface area (Å²) in [7, 11) is 0. The van der Waals surface area contributed by atoms with Gasteiger partial charge in [0.15, 0.2) is 0 Å². The predicted molar refractivity (Wildman–Crippen MR) is 122 cm³/mol. The van der Waals surface area contributed by atoms with E-state index in [4.69, 9.17) is 16.6 Å². The summed E-state index contributed by atoms with van der Waals surface area (Å²) in [4.78, 5) is 69.0. The SMILES string of the molecule is NCCCCC(NC(=O)C1CCCN1C(=O)C(N)CC(=O)O)C(=O)NC(Cc1cnc[nH]1)C(=O)O. The zero-order valence-electron chi connectivity index (χ0n) is 19.3. The lowest BCUT2D eigenvalue weighted by atomic mass is 10.1. The monoisotopic (exact) mass is 495 g/mol. The highest BCUT2D eigenvalue weighted by molar-refractivity contribution is 5.95. The first-order valence-corrected chi connectivity index (χ1v) is 11.4. The standard InChI is InChI=1S/C21H33N7O7/c22-6-2-1-4-14(18(31)27-15(21(34)35)8-12-10-24-11-25-12)26-19(32)16-5-3-7-28(16)20(33)13(23)9-17(29)30/h10-11,13-16H,1-9,22-23H2,(H,24,25)(H,26,32)(H,27,31)(H,29,30)(H,34,35). The number of nitrogens with zero attached hydrogens (tertiary/aromatic N) is 2. The molecule has 194 valence electrons. The van der Waals surface area contributed by atoms with Crippen molar-refractivity contribution in [3.8, 4) is 0 Å². The molecule has 14 heteroatoms. The van der Waals surface area contributed by atoms with Gasteiger partial charge in [-0.3, -0.25) is 19.2 Å². The van der Waals surface area contributed by atoms with Crippen molar-refractivity contribution in [2.75, 3.05) is 13.1 Å². The molecular formula is C21H33N7O7. The van der Waals surface area contributed by atoms with Gasteiger partial charge in [0.2, 0.25) is 17.7 Å². The first kappa shape index (κ1) is 27.7. The molecule has 1 aliphatic heterocycles. The number of aliphatic carboxylic acids is 2. The number of unbranched alkanes of at least 4 members (excludes halogenated alkanes) is 1. The lowest BCUT2D eigenvalue weighted by Gasteiger charge is -2.28. The molecule has 1 aromatic heterocycles. The zero-order chi connectivity index (χ0) is 26.0. The van der Waals surface area contributed by atoms with Crippen LogP contribution in [0.4, 0.5) is 0 Å². The Kier molecular flexibility index (Phi) is 10.6. The van der Waals surface area contributed by atoms with E-state index < -0.39 is 60.2 Å². The van der Waals surface area contributed by atoms with Gasteiger partial charge in [0, 0.05) is 24.9 Å². The Hall–Kier alpha value is -3.52. The first-order chi connectivity index (χ1) is 16.6. The molecule has 1 saturated heterocycles. The average molecular weight is 496 g/mol. The number of hydrogen-bond acceptors (Lipinski definition) is 8. The molecule has 1 aliphatic rings. The number of aromatic amines is 1. The molecule has 0 aliphatic carbocycles. The van der Waals surface area contributed by atoms with E-state index >= 15 is 0 Å². The molecule has 35 heavy (non-hydrogen) atoms. The van der Waals surface area contributed by atoms with E-state index in [9.17, 15) is 29.1 Å². The van der Waals surface area contributed by atoms with Crippen LogP contribution < -0.4 is 22.1 Å². The summed E-state index contributed by atoms with van der Waals surface area (Å²) in [6.45, 7) is 0.617. The fraction of sp³-hybridized carbons (Fsp3) is 0.619. The second kappa shape index (κ2) is 13.4. The van der Waals surface area contributed by atoms with Gasteiger partial charge in [0.1, 0.15) is 18.1 Å². The van der Waals surface area contributed by atoms with E-state index in [0.29, 0.717) is 37.9 Å². The van der Waals surface area contributed by atoms with E-state index in [1.807, 2.05) is 0 Å². The minimum absolute atomic E-state index is 0.0308. The molecule has 0 bridgehead atoms. The number of nitrogens with two attached hydrogens (primary N) is 2. The highest BCUT2D eigenvalue weighted by atomic mass is 16.4. The van der Waals surface area contributed by atoms with E-state index in [1.54, 1.807) is 0 Å². The number of hydrogen-bond donors (Lipinski definition) is 7. The minimum atomic E-state index is -1.29. The molecule has 3 amide bonds. The highest BCUT2D eigenvalue weighted by Gasteiger charge is 2.38. The Morgan fingerprint density at radius 2 is 1.91 bits per heavy atom. The number of rotatable bonds is 14. The van der Waals surface area contributed by atoms with Crippen LogP contribution in [0.25, 0.3) is 0 Å². The van der Waals surface area contributed by atoms with Crippen molar-refractivity contribution in [2.45, 2.75) is 69.1 Å². The van der Waals surface area contributed by atoms with Crippen molar-refractivity contribution in [3.05, 3.63) is 18.2 Å². The maximum Gasteiger partial charge on any atom is 0.326 e. The number of H-pyrrole nitrogens is 1. The van der Waals surface area contributed by atoms with Gasteiger partial charge in [-0.25, -0.2) is 9.78 Å². The lowest BCUT2D eigenvalue weighted by Crippen LogP contribution is -2.57. The van der Waals surface area contributed by atoms with Gasteiger partial charge in [-0.2, -0.15) is 0 Å². The lowest BCUT2D eigenvalue weighted by molar-refractivity contribution is -0.144. The Morgan fingerprint density at radius 1 is 1.17 bits per heavy atom. The molecule has 4 atom stereocenters. The van der Waals surface area contributed by atoms with Gasteiger partial charge < -0.3 is 42.2 Å². The Balaban J connectivity index is 2.09. The third-order valence-corrected chi connectivity index (χ3v) is 5.72. The number of carboxylic acid groups (broad SMARTS) is 2. The van der Waals surface area contributed by atoms with Crippen molar-refractivity contribution >= 4 is 29.7 Å². The Bertz CT molecular complexity index is 893. The van der Waals surface area contributed by atoms with Gasteiger partial charge in [-0.1, -0.05) is 0 Å². The van der Waals surface area contributed by atoms with E-state index in [-0.39, 0.29) is 19.4 Å². The van der Waals surface area contributed by atoms with Crippen LogP contribution in [-0.4, -0.2) is 92.0 Å². The topological polar surface area (TPSA) is 234 Å². The number of likely N-dealkylation sites (tertiary alicyclic amines) is 1. The quantitative estimate of drug-likeness (QED) is 0.139. The van der Waals surface area contributed by atoms with Gasteiger partial charge >= 0.3 is 11.9 Å². The van der Waals surface area contributed by atoms with Crippen molar-refractivity contribution in [3.63, 3.8) is 0 Å². The van der Waals surface area contributed by atoms with Crippen LogP contribution in [0.2, 0.25) is 0 Å². The fourth-order valence-corrected chi connectivity index (χ4v) is 3.91. The molecule has 2 heterocycles. The summed E-state index contributed by atoms with van der Waals surface area (Å²) in [5, 5.41) is 23.5. The second-order valence-corrected chi connectivity index (χ2v) is 8.42. The third-order valence-electron chi connectivity index (χ3n) is 5.72. The highest BCUT2D eigenvalue weighted by Crippen LogP contribution is 2.19. The molecule has 14 nitrogen and oxygen atoms in total. The second-order valence-electron chi connectivity index (χ2n) is 8.42. The molecule has 1 aromatic rings. The summed E-state index contributed by atoms with van der Waals surface area (Å²) >= 11 is 0. The van der Waals surface area contributed by atoms with Crippen molar-refractivity contribution in [1.82, 2.24) is 25.5 Å². The van der Waals surface area contributed by atoms with Gasteiger partial charge in [-0.15, -0.1) is 0 Å². The normalized spacial score (nSPS) is 17.9. The van der Waals surface area contributed by atoms with Gasteiger partial charge in [0.05, 0.1) is 18.8 Å². The molecule has 4 unspecified atom stereocenters. The number of nitrogens with one attached hydrogen (secondary N) is 3. The Labute approximate surface area is 201 Å². The summed E-state index contributed by atoms with van der Waals surface area (Å²) in [5.41, 5.74) is 11.7. The van der Waals surface area contributed by atoms with E-state index in [2.05, 4.69) is 20.6 Å². The maximum atomic E-state index is 13.0.